The molecule has 0 bridgehead atoms. The van der Waals surface area contributed by atoms with Crippen LogP contribution >= 0.6 is 0 Å². The average Bonchev–Trinajstić information content (AvgIpc) is 2.42. The molecule has 1 rings (SSSR count). The van der Waals surface area contributed by atoms with Crippen molar-refractivity contribution in [1.82, 2.24) is 15.8 Å². The molecule has 2 unspecified atom stereocenters. The molecule has 0 radical (unpaired) electrons. The second-order valence-corrected chi connectivity index (χ2v) is 3.15. The second-order valence-electron chi connectivity index (χ2n) is 3.15. The van der Waals surface area contributed by atoms with Gasteiger partial charge in [-0.25, -0.2) is 10.4 Å². The van der Waals surface area contributed by atoms with Gasteiger partial charge in [0.15, 0.2) is 0 Å². The fraction of sp³-hybridized carbons (Fsp3) is 1.00. The van der Waals surface area contributed by atoms with E-state index in [0.29, 0.717) is 5.66 Å². The van der Waals surface area contributed by atoms with Crippen LogP contribution in [0.1, 0.15) is 19.8 Å². The van der Waals surface area contributed by atoms with E-state index >= 15 is 0 Å². The summed E-state index contributed by atoms with van der Waals surface area (Å²) in [5, 5.41) is 5.29. The Kier molecular flexibility index (Phi) is 2.28. The molecule has 10 heavy (non-hydrogen) atoms. The lowest BCUT2D eigenvalue weighted by Crippen LogP contribution is -2.16. The Bertz CT molecular complexity index is 115. The van der Waals surface area contributed by atoms with Gasteiger partial charge in [0.25, 0.3) is 0 Å². The fourth-order valence-corrected chi connectivity index (χ4v) is 1.17. The molecule has 3 heteroatoms. The van der Waals surface area contributed by atoms with Gasteiger partial charge in [-0.1, -0.05) is 0 Å². The average molecular weight is 143 g/mol. The van der Waals surface area contributed by atoms with E-state index in [9.17, 15) is 0 Å². The first-order valence-electron chi connectivity index (χ1n) is 3.85. The molecule has 0 aliphatic carbocycles. The largest absolute Gasteiger partial charge is 0.320 e. The molecule has 1 aliphatic rings. The first kappa shape index (κ1) is 7.98. The summed E-state index contributed by atoms with van der Waals surface area (Å²) < 4.78 is 0. The van der Waals surface area contributed by atoms with Gasteiger partial charge in [0.2, 0.25) is 0 Å². The van der Waals surface area contributed by atoms with E-state index in [-0.39, 0.29) is 0 Å². The lowest BCUT2D eigenvalue weighted by atomic mass is 10.1. The molecule has 0 amide bonds. The van der Waals surface area contributed by atoms with Gasteiger partial charge in [0.1, 0.15) is 0 Å². The zero-order valence-corrected chi connectivity index (χ0v) is 7.07. The van der Waals surface area contributed by atoms with E-state index in [1.54, 1.807) is 0 Å². The van der Waals surface area contributed by atoms with Gasteiger partial charge in [0.05, 0.1) is 5.66 Å². The minimum atomic E-state index is 0.302. The summed E-state index contributed by atoms with van der Waals surface area (Å²) in [5.74, 6) is 0. The molecular formula is C7H17N3. The highest BCUT2D eigenvalue weighted by Gasteiger charge is 2.42. The Morgan fingerprint density at radius 1 is 1.60 bits per heavy atom. The normalized spacial score (nSPS) is 38.1. The molecule has 0 aromatic carbocycles. The number of nitrogens with one attached hydrogen (secondary N) is 2. The van der Waals surface area contributed by atoms with E-state index < -0.39 is 0 Å². The van der Waals surface area contributed by atoms with Crippen LogP contribution in [0.2, 0.25) is 0 Å². The number of hydrogen-bond donors (Lipinski definition) is 2. The lowest BCUT2D eigenvalue weighted by Gasteiger charge is -2.05. The van der Waals surface area contributed by atoms with Crippen molar-refractivity contribution < 1.29 is 0 Å². The second kappa shape index (κ2) is 2.86. The van der Waals surface area contributed by atoms with Crippen LogP contribution in [0.15, 0.2) is 0 Å². The van der Waals surface area contributed by atoms with Crippen LogP contribution in [0, 0.1) is 0 Å². The summed E-state index contributed by atoms with van der Waals surface area (Å²) in [4.78, 5) is 0. The minimum absolute atomic E-state index is 0.302. The van der Waals surface area contributed by atoms with Crippen molar-refractivity contribution in [2.24, 2.45) is 0 Å². The fourth-order valence-electron chi connectivity index (χ4n) is 1.17. The van der Waals surface area contributed by atoms with Gasteiger partial charge < -0.3 is 5.32 Å². The molecule has 1 heterocycles. The smallest absolute Gasteiger partial charge is 0.0943 e. The quantitative estimate of drug-likeness (QED) is 0.434. The predicted molar refractivity (Wildman–Crippen MR) is 42.5 cm³/mol. The summed E-state index contributed by atoms with van der Waals surface area (Å²) in [5.41, 5.74) is 3.57. The Morgan fingerprint density at radius 3 is 2.60 bits per heavy atom. The summed E-state index contributed by atoms with van der Waals surface area (Å²) in [6.45, 7) is 3.34. The molecule has 0 saturated carbocycles. The Balaban J connectivity index is 2.03. The van der Waals surface area contributed by atoms with E-state index in [2.05, 4.69) is 29.7 Å². The third-order valence-electron chi connectivity index (χ3n) is 2.19. The monoisotopic (exact) mass is 143 g/mol. The molecule has 2 N–H and O–H groups in total. The molecular weight excluding hydrogens is 126 g/mol. The number of rotatable bonds is 4. The van der Waals surface area contributed by atoms with Crippen LogP contribution in [-0.2, 0) is 0 Å². The first-order chi connectivity index (χ1) is 4.69. The van der Waals surface area contributed by atoms with Gasteiger partial charge in [-0.3, -0.25) is 0 Å². The third kappa shape index (κ3) is 1.68. The van der Waals surface area contributed by atoms with E-state index in [1.807, 2.05) is 7.05 Å². The topological polar surface area (TPSA) is 37.0 Å². The SMILES string of the molecule is CNCCCC1(C)NN1C. The van der Waals surface area contributed by atoms with E-state index in [4.69, 9.17) is 0 Å². The van der Waals surface area contributed by atoms with Crippen LogP contribution in [0.25, 0.3) is 0 Å². The highest BCUT2D eigenvalue weighted by atomic mass is 15.8. The van der Waals surface area contributed by atoms with Crippen LogP contribution in [0.3, 0.4) is 0 Å². The summed E-state index contributed by atoms with van der Waals surface area (Å²) >= 11 is 0. The zero-order chi connectivity index (χ0) is 7.61. The van der Waals surface area contributed by atoms with Crippen molar-refractivity contribution in [3.63, 3.8) is 0 Å². The number of hydrazine groups is 1. The van der Waals surface area contributed by atoms with Crippen LogP contribution in [-0.4, -0.2) is 31.3 Å². The van der Waals surface area contributed by atoms with Crippen molar-refractivity contribution in [3.8, 4) is 0 Å². The molecule has 0 spiro atoms. The van der Waals surface area contributed by atoms with Gasteiger partial charge >= 0.3 is 0 Å². The van der Waals surface area contributed by atoms with Crippen molar-refractivity contribution in [2.45, 2.75) is 25.4 Å². The molecule has 60 valence electrons. The van der Waals surface area contributed by atoms with Gasteiger partial charge in [-0.2, -0.15) is 0 Å². The molecule has 3 nitrogen and oxygen atoms in total. The first-order valence-corrected chi connectivity index (χ1v) is 3.85. The van der Waals surface area contributed by atoms with Gasteiger partial charge in [-0.05, 0) is 33.4 Å². The molecule has 1 saturated heterocycles. The van der Waals surface area contributed by atoms with Crippen molar-refractivity contribution in [2.75, 3.05) is 20.6 Å². The summed E-state index contributed by atoms with van der Waals surface area (Å²) in [6.07, 6.45) is 2.47. The number of nitrogens with zero attached hydrogens (tertiary/aromatic N) is 1. The molecule has 1 fully saturated rings. The minimum Gasteiger partial charge on any atom is -0.320 e. The van der Waals surface area contributed by atoms with Crippen molar-refractivity contribution in [3.05, 3.63) is 0 Å². The standard InChI is InChI=1S/C7H17N3/c1-7(9-10(7)3)5-4-6-8-2/h8-9H,4-6H2,1-3H3. The van der Waals surface area contributed by atoms with Crippen LogP contribution < -0.4 is 10.7 Å². The molecule has 2 atom stereocenters. The predicted octanol–water partition coefficient (Wildman–Crippen LogP) is 0.152. The molecule has 1 aliphatic heterocycles. The maximum absolute atomic E-state index is 3.27. The maximum Gasteiger partial charge on any atom is 0.0943 e. The van der Waals surface area contributed by atoms with Crippen LogP contribution in [0.5, 0.6) is 0 Å². The summed E-state index contributed by atoms with van der Waals surface area (Å²) in [6, 6.07) is 0. The number of hydrogen-bond acceptors (Lipinski definition) is 3. The van der Waals surface area contributed by atoms with E-state index in [0.717, 1.165) is 6.54 Å². The molecule has 0 aromatic heterocycles. The molecule has 0 aromatic rings. The Morgan fingerprint density at radius 2 is 2.20 bits per heavy atom. The van der Waals surface area contributed by atoms with Crippen LogP contribution in [0.4, 0.5) is 0 Å². The van der Waals surface area contributed by atoms with E-state index in [1.165, 1.54) is 12.8 Å². The van der Waals surface area contributed by atoms with Gasteiger partial charge in [-0.15, -0.1) is 0 Å². The van der Waals surface area contributed by atoms with Crippen molar-refractivity contribution in [1.29, 1.82) is 0 Å². The highest BCUT2D eigenvalue weighted by molar-refractivity contribution is 4.90. The maximum atomic E-state index is 3.27. The summed E-state index contributed by atoms with van der Waals surface area (Å²) in [7, 11) is 4.08. The Hall–Kier alpha value is -0.120. The Labute approximate surface area is 62.8 Å². The lowest BCUT2D eigenvalue weighted by molar-refractivity contribution is 0.450. The van der Waals surface area contributed by atoms with Gasteiger partial charge in [0, 0.05) is 7.05 Å². The zero-order valence-electron chi connectivity index (χ0n) is 7.07. The highest BCUT2D eigenvalue weighted by Crippen LogP contribution is 2.26. The van der Waals surface area contributed by atoms with Crippen molar-refractivity contribution >= 4 is 0 Å². The third-order valence-corrected chi connectivity index (χ3v) is 2.19.